The molecule has 0 heterocycles. The van der Waals surface area contributed by atoms with E-state index in [2.05, 4.69) is 19.2 Å². The van der Waals surface area contributed by atoms with Gasteiger partial charge in [-0.05, 0) is 44.6 Å². The standard InChI is InChI=1S/C15H29NO3/c1-4-6-12(2)11-19-10-8-13-7-5-9-15(13,16-3)14(17)18/h12-13,16H,4-11H2,1-3H3,(H,17,18). The minimum atomic E-state index is -0.724. The van der Waals surface area contributed by atoms with E-state index in [0.29, 0.717) is 12.5 Å². The highest BCUT2D eigenvalue weighted by atomic mass is 16.5. The average Bonchev–Trinajstić information content (AvgIpc) is 2.79. The van der Waals surface area contributed by atoms with E-state index in [-0.39, 0.29) is 5.92 Å². The zero-order valence-electron chi connectivity index (χ0n) is 12.6. The van der Waals surface area contributed by atoms with Gasteiger partial charge in [-0.1, -0.05) is 26.7 Å². The van der Waals surface area contributed by atoms with E-state index < -0.39 is 11.5 Å². The minimum Gasteiger partial charge on any atom is -0.480 e. The van der Waals surface area contributed by atoms with E-state index in [0.717, 1.165) is 32.3 Å². The summed E-state index contributed by atoms with van der Waals surface area (Å²) >= 11 is 0. The van der Waals surface area contributed by atoms with Crippen LogP contribution in [-0.4, -0.2) is 36.9 Å². The zero-order valence-corrected chi connectivity index (χ0v) is 12.6. The second-order valence-electron chi connectivity index (χ2n) is 5.87. The quantitative estimate of drug-likeness (QED) is 0.633. The fourth-order valence-corrected chi connectivity index (χ4v) is 3.27. The van der Waals surface area contributed by atoms with Gasteiger partial charge in [0.1, 0.15) is 5.54 Å². The summed E-state index contributed by atoms with van der Waals surface area (Å²) in [6.07, 6.45) is 5.93. The van der Waals surface area contributed by atoms with E-state index in [9.17, 15) is 9.90 Å². The highest BCUT2D eigenvalue weighted by Crippen LogP contribution is 2.38. The van der Waals surface area contributed by atoms with Crippen molar-refractivity contribution in [3.63, 3.8) is 0 Å². The number of rotatable bonds is 9. The first-order valence-corrected chi connectivity index (χ1v) is 7.56. The molecule has 1 saturated carbocycles. The minimum absolute atomic E-state index is 0.191. The van der Waals surface area contributed by atoms with E-state index >= 15 is 0 Å². The Morgan fingerprint density at radius 1 is 1.58 bits per heavy atom. The van der Waals surface area contributed by atoms with Crippen molar-refractivity contribution in [3.8, 4) is 0 Å². The van der Waals surface area contributed by atoms with Crippen LogP contribution in [0.1, 0.15) is 52.4 Å². The summed E-state index contributed by atoms with van der Waals surface area (Å²) in [5.74, 6) is 0.0791. The number of aliphatic carboxylic acids is 1. The van der Waals surface area contributed by atoms with Gasteiger partial charge in [0, 0.05) is 13.2 Å². The molecule has 0 aromatic rings. The first-order valence-electron chi connectivity index (χ1n) is 7.56. The van der Waals surface area contributed by atoms with Crippen molar-refractivity contribution in [1.29, 1.82) is 0 Å². The average molecular weight is 271 g/mol. The van der Waals surface area contributed by atoms with Crippen LogP contribution in [-0.2, 0) is 9.53 Å². The SMILES string of the molecule is CCCC(C)COCCC1CCCC1(NC)C(=O)O. The molecule has 1 rings (SSSR count). The van der Waals surface area contributed by atoms with Crippen LogP contribution in [0, 0.1) is 11.8 Å². The maximum absolute atomic E-state index is 11.5. The van der Waals surface area contributed by atoms with Crippen LogP contribution in [0.4, 0.5) is 0 Å². The molecule has 4 nitrogen and oxygen atoms in total. The Morgan fingerprint density at radius 3 is 2.89 bits per heavy atom. The largest absolute Gasteiger partial charge is 0.480 e. The molecule has 0 amide bonds. The summed E-state index contributed by atoms with van der Waals surface area (Å²) in [6.45, 7) is 5.85. The number of ether oxygens (including phenoxy) is 1. The molecule has 3 atom stereocenters. The Morgan fingerprint density at radius 2 is 2.32 bits per heavy atom. The molecule has 0 spiro atoms. The van der Waals surface area contributed by atoms with Gasteiger partial charge < -0.3 is 15.2 Å². The lowest BCUT2D eigenvalue weighted by molar-refractivity contribution is -0.146. The summed E-state index contributed by atoms with van der Waals surface area (Å²) in [6, 6.07) is 0. The Kier molecular flexibility index (Phi) is 6.80. The van der Waals surface area contributed by atoms with Crippen LogP contribution in [0.3, 0.4) is 0 Å². The lowest BCUT2D eigenvalue weighted by Gasteiger charge is -2.31. The van der Waals surface area contributed by atoms with Crippen molar-refractivity contribution in [2.45, 2.75) is 57.9 Å². The summed E-state index contributed by atoms with van der Waals surface area (Å²) in [7, 11) is 1.76. The molecule has 0 aromatic carbocycles. The summed E-state index contributed by atoms with van der Waals surface area (Å²) in [5.41, 5.74) is -0.724. The predicted molar refractivity (Wildman–Crippen MR) is 76.3 cm³/mol. The molecule has 112 valence electrons. The molecule has 0 saturated heterocycles. The van der Waals surface area contributed by atoms with Gasteiger partial charge >= 0.3 is 5.97 Å². The van der Waals surface area contributed by atoms with Gasteiger partial charge in [-0.15, -0.1) is 0 Å². The Hall–Kier alpha value is -0.610. The van der Waals surface area contributed by atoms with Crippen molar-refractivity contribution in [3.05, 3.63) is 0 Å². The molecule has 0 bridgehead atoms. The van der Waals surface area contributed by atoms with Crippen molar-refractivity contribution < 1.29 is 14.6 Å². The molecule has 19 heavy (non-hydrogen) atoms. The number of hydrogen-bond acceptors (Lipinski definition) is 3. The van der Waals surface area contributed by atoms with Gasteiger partial charge in [-0.25, -0.2) is 0 Å². The van der Waals surface area contributed by atoms with E-state index in [1.807, 2.05) is 0 Å². The van der Waals surface area contributed by atoms with Gasteiger partial charge in [0.25, 0.3) is 0 Å². The number of carbonyl (C=O) groups is 1. The first-order chi connectivity index (χ1) is 9.06. The normalized spacial score (nSPS) is 28.5. The highest BCUT2D eigenvalue weighted by Gasteiger charge is 2.47. The Balaban J connectivity index is 2.34. The molecular formula is C15H29NO3. The van der Waals surface area contributed by atoms with Crippen molar-refractivity contribution in [2.75, 3.05) is 20.3 Å². The molecular weight excluding hydrogens is 242 g/mol. The summed E-state index contributed by atoms with van der Waals surface area (Å²) < 4.78 is 5.71. The maximum atomic E-state index is 11.5. The number of carboxylic acid groups (broad SMARTS) is 1. The van der Waals surface area contributed by atoms with Crippen molar-refractivity contribution in [2.24, 2.45) is 11.8 Å². The van der Waals surface area contributed by atoms with Gasteiger partial charge in [-0.2, -0.15) is 0 Å². The van der Waals surface area contributed by atoms with Crippen LogP contribution in [0.5, 0.6) is 0 Å². The van der Waals surface area contributed by atoms with Gasteiger partial charge in [0.15, 0.2) is 0 Å². The van der Waals surface area contributed by atoms with Crippen LogP contribution in [0.25, 0.3) is 0 Å². The van der Waals surface area contributed by atoms with Crippen molar-refractivity contribution in [1.82, 2.24) is 5.32 Å². The molecule has 0 aliphatic heterocycles. The highest BCUT2D eigenvalue weighted by molar-refractivity contribution is 5.79. The first kappa shape index (κ1) is 16.4. The maximum Gasteiger partial charge on any atom is 0.324 e. The second-order valence-corrected chi connectivity index (χ2v) is 5.87. The molecule has 1 aliphatic carbocycles. The smallest absolute Gasteiger partial charge is 0.324 e. The van der Waals surface area contributed by atoms with Gasteiger partial charge in [0.2, 0.25) is 0 Å². The lowest BCUT2D eigenvalue weighted by Crippen LogP contribution is -2.53. The van der Waals surface area contributed by atoms with Crippen molar-refractivity contribution >= 4 is 5.97 Å². The van der Waals surface area contributed by atoms with E-state index in [1.165, 1.54) is 12.8 Å². The fourth-order valence-electron chi connectivity index (χ4n) is 3.27. The fraction of sp³-hybridized carbons (Fsp3) is 0.933. The molecule has 1 aliphatic rings. The van der Waals surface area contributed by atoms with Gasteiger partial charge in [-0.3, -0.25) is 4.79 Å². The Bertz CT molecular complexity index is 283. The topological polar surface area (TPSA) is 58.6 Å². The van der Waals surface area contributed by atoms with Gasteiger partial charge in [0.05, 0.1) is 0 Å². The number of carboxylic acids is 1. The lowest BCUT2D eigenvalue weighted by atomic mass is 9.85. The monoisotopic (exact) mass is 271 g/mol. The summed E-state index contributed by atoms with van der Waals surface area (Å²) in [5, 5.41) is 12.5. The third-order valence-electron chi connectivity index (χ3n) is 4.44. The molecule has 3 unspecified atom stereocenters. The number of hydrogen-bond donors (Lipinski definition) is 2. The molecule has 0 radical (unpaired) electrons. The third-order valence-corrected chi connectivity index (χ3v) is 4.44. The van der Waals surface area contributed by atoms with Crippen LogP contribution in [0.2, 0.25) is 0 Å². The van der Waals surface area contributed by atoms with E-state index in [4.69, 9.17) is 4.74 Å². The summed E-state index contributed by atoms with van der Waals surface area (Å²) in [4.78, 5) is 11.5. The molecule has 1 fully saturated rings. The van der Waals surface area contributed by atoms with Crippen LogP contribution >= 0.6 is 0 Å². The van der Waals surface area contributed by atoms with E-state index in [1.54, 1.807) is 7.05 Å². The molecule has 2 N–H and O–H groups in total. The number of nitrogens with one attached hydrogen (secondary N) is 1. The molecule has 4 heteroatoms. The third kappa shape index (κ3) is 4.18. The second kappa shape index (κ2) is 7.85. The molecule has 0 aromatic heterocycles. The number of likely N-dealkylation sites (N-methyl/N-ethyl adjacent to an activating group) is 1. The zero-order chi connectivity index (χ0) is 14.3. The van der Waals surface area contributed by atoms with Crippen LogP contribution in [0.15, 0.2) is 0 Å². The predicted octanol–water partition coefficient (Wildman–Crippen LogP) is 2.67. The Labute approximate surface area is 116 Å². The van der Waals surface area contributed by atoms with Crippen LogP contribution < -0.4 is 5.32 Å².